The van der Waals surface area contributed by atoms with Gasteiger partial charge in [0.15, 0.2) is 0 Å². The Morgan fingerprint density at radius 1 is 1.19 bits per heavy atom. The summed E-state index contributed by atoms with van der Waals surface area (Å²) < 4.78 is 0. The number of aliphatic hydroxyl groups excluding tert-OH is 1. The summed E-state index contributed by atoms with van der Waals surface area (Å²) in [6, 6.07) is 6.54. The zero-order chi connectivity index (χ0) is 15.8. The molecule has 1 rings (SSSR count). The minimum absolute atomic E-state index is 0.0326. The highest BCUT2D eigenvalue weighted by atomic mass is 16.4. The van der Waals surface area contributed by atoms with Gasteiger partial charge in [0.1, 0.15) is 0 Å². The number of aromatic carboxylic acids is 1. The van der Waals surface area contributed by atoms with Gasteiger partial charge < -0.3 is 15.5 Å². The van der Waals surface area contributed by atoms with Crippen LogP contribution in [-0.4, -0.2) is 34.7 Å². The molecule has 0 fully saturated rings. The van der Waals surface area contributed by atoms with Gasteiger partial charge in [-0.25, -0.2) is 4.79 Å². The van der Waals surface area contributed by atoms with E-state index in [0.717, 1.165) is 5.56 Å². The smallest absolute Gasteiger partial charge is 0.335 e. The molecule has 2 atom stereocenters. The number of benzene rings is 1. The lowest BCUT2D eigenvalue weighted by molar-refractivity contribution is -0.121. The van der Waals surface area contributed by atoms with Gasteiger partial charge >= 0.3 is 5.97 Å². The molecule has 0 saturated carbocycles. The molecule has 0 saturated heterocycles. The second kappa shape index (κ2) is 8.42. The van der Waals surface area contributed by atoms with Gasteiger partial charge in [-0.05, 0) is 43.4 Å². The van der Waals surface area contributed by atoms with Crippen LogP contribution in [0.5, 0.6) is 0 Å². The lowest BCUT2D eigenvalue weighted by Crippen LogP contribution is -2.29. The second-order valence-electron chi connectivity index (χ2n) is 5.50. The third kappa shape index (κ3) is 6.90. The van der Waals surface area contributed by atoms with Crippen molar-refractivity contribution in [2.75, 3.05) is 6.54 Å². The monoisotopic (exact) mass is 293 g/mol. The fourth-order valence-corrected chi connectivity index (χ4v) is 2.11. The molecule has 21 heavy (non-hydrogen) atoms. The van der Waals surface area contributed by atoms with Crippen LogP contribution in [-0.2, 0) is 11.2 Å². The molecular weight excluding hydrogens is 270 g/mol. The molecule has 0 aliphatic rings. The maximum Gasteiger partial charge on any atom is 0.335 e. The molecule has 0 heterocycles. The summed E-state index contributed by atoms with van der Waals surface area (Å²) in [5, 5.41) is 20.9. The summed E-state index contributed by atoms with van der Waals surface area (Å²) in [5.74, 6) is -0.745. The number of aliphatic hydroxyl groups is 1. The minimum Gasteiger partial charge on any atom is -0.478 e. The quantitative estimate of drug-likeness (QED) is 0.682. The first-order valence-corrected chi connectivity index (χ1v) is 7.15. The highest BCUT2D eigenvalue weighted by molar-refractivity contribution is 5.87. The van der Waals surface area contributed by atoms with Crippen molar-refractivity contribution >= 4 is 11.9 Å². The standard InChI is InChI=1S/C16H23NO4/c1-11(9-12(2)18)10-17-15(19)8-5-13-3-6-14(7-4-13)16(20)21/h3-4,6-7,11-12,18H,5,8-10H2,1-2H3,(H,17,19)(H,20,21). The van der Waals surface area contributed by atoms with E-state index in [2.05, 4.69) is 5.32 Å². The molecule has 0 aromatic heterocycles. The van der Waals surface area contributed by atoms with Gasteiger partial charge in [-0.1, -0.05) is 19.1 Å². The van der Waals surface area contributed by atoms with E-state index in [-0.39, 0.29) is 23.5 Å². The van der Waals surface area contributed by atoms with Crippen LogP contribution in [0.25, 0.3) is 0 Å². The van der Waals surface area contributed by atoms with Crippen LogP contribution in [0.2, 0.25) is 0 Å². The third-order valence-corrected chi connectivity index (χ3v) is 3.23. The van der Waals surface area contributed by atoms with Gasteiger partial charge in [-0.2, -0.15) is 0 Å². The Hall–Kier alpha value is -1.88. The van der Waals surface area contributed by atoms with Crippen molar-refractivity contribution in [1.29, 1.82) is 0 Å². The normalized spacial score (nSPS) is 13.5. The van der Waals surface area contributed by atoms with Crippen LogP contribution in [0, 0.1) is 5.92 Å². The highest BCUT2D eigenvalue weighted by Crippen LogP contribution is 2.07. The SMILES string of the molecule is CC(O)CC(C)CNC(=O)CCc1ccc(C(=O)O)cc1. The van der Waals surface area contributed by atoms with Gasteiger partial charge in [0, 0.05) is 13.0 Å². The lowest BCUT2D eigenvalue weighted by Gasteiger charge is -2.14. The van der Waals surface area contributed by atoms with Crippen molar-refractivity contribution in [3.8, 4) is 0 Å². The van der Waals surface area contributed by atoms with Crippen molar-refractivity contribution in [2.24, 2.45) is 5.92 Å². The van der Waals surface area contributed by atoms with Gasteiger partial charge in [0.25, 0.3) is 0 Å². The second-order valence-corrected chi connectivity index (χ2v) is 5.50. The molecule has 0 bridgehead atoms. The summed E-state index contributed by atoms with van der Waals surface area (Å²) in [4.78, 5) is 22.4. The predicted molar refractivity (Wildman–Crippen MR) is 80.2 cm³/mol. The van der Waals surface area contributed by atoms with E-state index < -0.39 is 5.97 Å². The van der Waals surface area contributed by atoms with E-state index in [1.54, 1.807) is 31.2 Å². The first kappa shape index (κ1) is 17.2. The molecule has 0 spiro atoms. The topological polar surface area (TPSA) is 86.6 Å². The van der Waals surface area contributed by atoms with Crippen LogP contribution in [0.4, 0.5) is 0 Å². The average Bonchev–Trinajstić information content (AvgIpc) is 2.42. The number of nitrogens with one attached hydrogen (secondary N) is 1. The number of rotatable bonds is 8. The molecule has 5 nitrogen and oxygen atoms in total. The Kier molecular flexibility index (Phi) is 6.88. The van der Waals surface area contributed by atoms with E-state index in [1.807, 2.05) is 6.92 Å². The summed E-state index contributed by atoms with van der Waals surface area (Å²) >= 11 is 0. The number of aryl methyl sites for hydroxylation is 1. The number of carboxylic acid groups (broad SMARTS) is 1. The van der Waals surface area contributed by atoms with Crippen LogP contribution in [0.15, 0.2) is 24.3 Å². The molecule has 116 valence electrons. The number of carboxylic acids is 1. The molecule has 5 heteroatoms. The molecule has 1 amide bonds. The first-order valence-electron chi connectivity index (χ1n) is 7.15. The number of hydrogen-bond donors (Lipinski definition) is 3. The Bertz CT molecular complexity index is 468. The van der Waals surface area contributed by atoms with Crippen LogP contribution < -0.4 is 5.32 Å². The minimum atomic E-state index is -0.952. The third-order valence-electron chi connectivity index (χ3n) is 3.23. The van der Waals surface area contributed by atoms with Crippen LogP contribution in [0.1, 0.15) is 42.6 Å². The van der Waals surface area contributed by atoms with Crippen molar-refractivity contribution in [3.05, 3.63) is 35.4 Å². The molecule has 1 aromatic carbocycles. The predicted octanol–water partition coefficient (Wildman–Crippen LogP) is 1.84. The zero-order valence-corrected chi connectivity index (χ0v) is 12.5. The van der Waals surface area contributed by atoms with E-state index >= 15 is 0 Å². The Labute approximate surface area is 125 Å². The summed E-state index contributed by atoms with van der Waals surface area (Å²) in [6.45, 7) is 4.28. The molecule has 1 aromatic rings. The number of hydrogen-bond acceptors (Lipinski definition) is 3. The van der Waals surface area contributed by atoms with Crippen LogP contribution >= 0.6 is 0 Å². The van der Waals surface area contributed by atoms with E-state index in [0.29, 0.717) is 25.8 Å². The zero-order valence-electron chi connectivity index (χ0n) is 12.5. The van der Waals surface area contributed by atoms with E-state index in [4.69, 9.17) is 5.11 Å². The first-order chi connectivity index (χ1) is 9.88. The fraction of sp³-hybridized carbons (Fsp3) is 0.500. The van der Waals surface area contributed by atoms with E-state index in [1.165, 1.54) is 0 Å². The number of carbonyl (C=O) groups excluding carboxylic acids is 1. The Balaban J connectivity index is 2.31. The molecule has 0 aliphatic carbocycles. The number of amides is 1. The summed E-state index contributed by atoms with van der Waals surface area (Å²) in [7, 11) is 0. The lowest BCUT2D eigenvalue weighted by atomic mass is 10.0. The van der Waals surface area contributed by atoms with Gasteiger partial charge in [0.05, 0.1) is 11.7 Å². The molecule has 0 radical (unpaired) electrons. The van der Waals surface area contributed by atoms with Crippen molar-refractivity contribution in [2.45, 2.75) is 39.2 Å². The van der Waals surface area contributed by atoms with Crippen molar-refractivity contribution in [1.82, 2.24) is 5.32 Å². The fourth-order valence-electron chi connectivity index (χ4n) is 2.11. The Morgan fingerprint density at radius 2 is 1.81 bits per heavy atom. The summed E-state index contributed by atoms with van der Waals surface area (Å²) in [5.41, 5.74) is 1.18. The highest BCUT2D eigenvalue weighted by Gasteiger charge is 2.09. The largest absolute Gasteiger partial charge is 0.478 e. The molecule has 0 aliphatic heterocycles. The molecular formula is C16H23NO4. The molecule has 3 N–H and O–H groups in total. The maximum absolute atomic E-state index is 11.7. The van der Waals surface area contributed by atoms with Crippen molar-refractivity contribution < 1.29 is 19.8 Å². The van der Waals surface area contributed by atoms with Gasteiger partial charge in [0.2, 0.25) is 5.91 Å². The van der Waals surface area contributed by atoms with Crippen LogP contribution in [0.3, 0.4) is 0 Å². The molecule has 2 unspecified atom stereocenters. The Morgan fingerprint density at radius 3 is 2.33 bits per heavy atom. The summed E-state index contributed by atoms with van der Waals surface area (Å²) in [6.07, 6.45) is 1.26. The van der Waals surface area contributed by atoms with Gasteiger partial charge in [-0.3, -0.25) is 4.79 Å². The number of carbonyl (C=O) groups is 2. The van der Waals surface area contributed by atoms with Crippen molar-refractivity contribution in [3.63, 3.8) is 0 Å². The average molecular weight is 293 g/mol. The van der Waals surface area contributed by atoms with E-state index in [9.17, 15) is 14.7 Å². The maximum atomic E-state index is 11.7. The van der Waals surface area contributed by atoms with Gasteiger partial charge in [-0.15, -0.1) is 0 Å².